The lowest BCUT2D eigenvalue weighted by Crippen LogP contribution is -2.64. The van der Waals surface area contributed by atoms with E-state index in [0.717, 1.165) is 37.3 Å². The summed E-state index contributed by atoms with van der Waals surface area (Å²) in [5.41, 5.74) is 0.306. The van der Waals surface area contributed by atoms with Crippen LogP contribution in [0.1, 0.15) is 38.4 Å². The van der Waals surface area contributed by atoms with Crippen molar-refractivity contribution in [3.63, 3.8) is 0 Å². The highest BCUT2D eigenvalue weighted by molar-refractivity contribution is 5.07. The summed E-state index contributed by atoms with van der Waals surface area (Å²) in [5.74, 6) is 2.75. The summed E-state index contributed by atoms with van der Waals surface area (Å²) in [7, 11) is 0. The van der Waals surface area contributed by atoms with Gasteiger partial charge in [-0.3, -0.25) is 4.90 Å². The lowest BCUT2D eigenvalue weighted by Gasteiger charge is -2.46. The Morgan fingerprint density at radius 1 is 1.25 bits per heavy atom. The number of nitrogens with zero attached hydrogens (tertiary/aromatic N) is 3. The third-order valence-corrected chi connectivity index (χ3v) is 5.32. The summed E-state index contributed by atoms with van der Waals surface area (Å²) in [4.78, 5) is 11.5. The van der Waals surface area contributed by atoms with Gasteiger partial charge in [0.25, 0.3) is 0 Å². The molecule has 4 rings (SSSR count). The number of rotatable bonds is 4. The first-order chi connectivity index (χ1) is 9.74. The summed E-state index contributed by atoms with van der Waals surface area (Å²) < 4.78 is 0. The molecule has 0 amide bonds. The molecule has 2 heterocycles. The van der Waals surface area contributed by atoms with Gasteiger partial charge in [-0.05, 0) is 50.5 Å². The Morgan fingerprint density at radius 3 is 2.65 bits per heavy atom. The predicted octanol–water partition coefficient (Wildman–Crippen LogP) is 1.83. The summed E-state index contributed by atoms with van der Waals surface area (Å²) >= 11 is 0. The van der Waals surface area contributed by atoms with Crippen LogP contribution in [0.25, 0.3) is 0 Å². The largest absolute Gasteiger partial charge is 0.308 e. The van der Waals surface area contributed by atoms with Crippen molar-refractivity contribution in [3.05, 3.63) is 24.3 Å². The second-order valence-corrected chi connectivity index (χ2v) is 7.05. The Labute approximate surface area is 121 Å². The van der Waals surface area contributed by atoms with Crippen molar-refractivity contribution >= 4 is 0 Å². The molecule has 1 N–H and O–H groups in total. The lowest BCUT2D eigenvalue weighted by molar-refractivity contribution is 0.0557. The first kappa shape index (κ1) is 12.7. The van der Waals surface area contributed by atoms with Crippen molar-refractivity contribution in [2.24, 2.45) is 11.8 Å². The average molecular weight is 272 g/mol. The van der Waals surface area contributed by atoms with Crippen LogP contribution in [0, 0.1) is 11.8 Å². The third-order valence-electron chi connectivity index (χ3n) is 5.32. The van der Waals surface area contributed by atoms with Gasteiger partial charge in [0, 0.05) is 37.1 Å². The van der Waals surface area contributed by atoms with Gasteiger partial charge in [-0.2, -0.15) is 0 Å². The number of hydrogen-bond donors (Lipinski definition) is 1. The zero-order valence-electron chi connectivity index (χ0n) is 12.3. The molecular formula is C16H24N4. The van der Waals surface area contributed by atoms with Crippen LogP contribution < -0.4 is 5.32 Å². The quantitative estimate of drug-likeness (QED) is 0.908. The van der Waals surface area contributed by atoms with Crippen LogP contribution in [0.4, 0.5) is 0 Å². The van der Waals surface area contributed by atoms with Crippen LogP contribution in [-0.2, 0) is 6.54 Å². The van der Waals surface area contributed by atoms with Gasteiger partial charge in [0.2, 0.25) is 0 Å². The van der Waals surface area contributed by atoms with E-state index in [9.17, 15) is 0 Å². The van der Waals surface area contributed by atoms with Crippen molar-refractivity contribution < 1.29 is 0 Å². The molecule has 4 heteroatoms. The fraction of sp³-hybridized carbons (Fsp3) is 0.750. The van der Waals surface area contributed by atoms with E-state index in [4.69, 9.17) is 0 Å². The molecule has 108 valence electrons. The molecule has 2 aliphatic carbocycles. The summed E-state index contributed by atoms with van der Waals surface area (Å²) in [6.45, 7) is 5.61. The van der Waals surface area contributed by atoms with Gasteiger partial charge in [0.05, 0.1) is 6.54 Å². The maximum atomic E-state index is 4.42. The summed E-state index contributed by atoms with van der Waals surface area (Å²) in [6, 6.07) is 2.58. The minimum Gasteiger partial charge on any atom is -0.308 e. The zero-order chi connectivity index (χ0) is 13.6. The Hall–Kier alpha value is -1.00. The second-order valence-electron chi connectivity index (χ2n) is 7.05. The Balaban J connectivity index is 1.52. The van der Waals surface area contributed by atoms with Gasteiger partial charge in [0.15, 0.2) is 0 Å². The second kappa shape index (κ2) is 4.78. The van der Waals surface area contributed by atoms with Crippen LogP contribution in [-0.4, -0.2) is 39.5 Å². The van der Waals surface area contributed by atoms with Crippen LogP contribution in [0.5, 0.6) is 0 Å². The number of nitrogens with one attached hydrogen (secondary N) is 1. The summed E-state index contributed by atoms with van der Waals surface area (Å²) in [5, 5.41) is 3.86. The van der Waals surface area contributed by atoms with Crippen molar-refractivity contribution in [3.8, 4) is 0 Å². The molecule has 1 saturated heterocycles. The van der Waals surface area contributed by atoms with Gasteiger partial charge < -0.3 is 5.32 Å². The van der Waals surface area contributed by atoms with Crippen molar-refractivity contribution in [2.45, 2.75) is 50.7 Å². The smallest absolute Gasteiger partial charge is 0.142 e. The van der Waals surface area contributed by atoms with Gasteiger partial charge in [-0.1, -0.05) is 0 Å². The maximum Gasteiger partial charge on any atom is 0.142 e. The first-order valence-electron chi connectivity index (χ1n) is 7.99. The standard InChI is InChI=1S/C16H24N4/c1-16(13-5-6-13)11-20(10-15-17-7-2-8-18-15)14(9-19-16)12-3-4-12/h2,7-8,12-14,19H,3-6,9-11H2,1H3. The van der Waals surface area contributed by atoms with Gasteiger partial charge in [-0.25, -0.2) is 9.97 Å². The molecule has 0 radical (unpaired) electrons. The average Bonchev–Trinajstić information content (AvgIpc) is 3.31. The van der Waals surface area contributed by atoms with Crippen molar-refractivity contribution in [2.75, 3.05) is 13.1 Å². The normalized spacial score (nSPS) is 35.1. The molecule has 1 aromatic rings. The van der Waals surface area contributed by atoms with Crippen LogP contribution in [0.2, 0.25) is 0 Å². The Bertz CT molecular complexity index is 469. The highest BCUT2D eigenvalue weighted by Gasteiger charge is 2.48. The van der Waals surface area contributed by atoms with Crippen LogP contribution >= 0.6 is 0 Å². The number of aromatic nitrogens is 2. The molecule has 2 saturated carbocycles. The highest BCUT2D eigenvalue weighted by Crippen LogP contribution is 2.44. The zero-order valence-corrected chi connectivity index (χ0v) is 12.3. The first-order valence-corrected chi connectivity index (χ1v) is 7.99. The SMILES string of the molecule is CC1(C2CC2)CN(Cc2ncccn2)C(C2CC2)CN1. The van der Waals surface area contributed by atoms with Gasteiger partial charge in [0.1, 0.15) is 5.82 Å². The van der Waals surface area contributed by atoms with Gasteiger partial charge >= 0.3 is 0 Å². The minimum absolute atomic E-state index is 0.306. The third kappa shape index (κ3) is 2.47. The molecule has 1 aromatic heterocycles. The summed E-state index contributed by atoms with van der Waals surface area (Å²) in [6.07, 6.45) is 9.31. The molecule has 0 aromatic carbocycles. The maximum absolute atomic E-state index is 4.42. The van der Waals surface area contributed by atoms with E-state index in [0.29, 0.717) is 11.6 Å². The molecule has 0 bridgehead atoms. The molecule has 2 atom stereocenters. The molecule has 20 heavy (non-hydrogen) atoms. The van der Waals surface area contributed by atoms with Crippen molar-refractivity contribution in [1.82, 2.24) is 20.2 Å². The monoisotopic (exact) mass is 272 g/mol. The van der Waals surface area contributed by atoms with Crippen LogP contribution in [0.3, 0.4) is 0 Å². The van der Waals surface area contributed by atoms with E-state index >= 15 is 0 Å². The topological polar surface area (TPSA) is 41.1 Å². The van der Waals surface area contributed by atoms with E-state index < -0.39 is 0 Å². The minimum atomic E-state index is 0.306. The number of piperazine rings is 1. The molecule has 0 spiro atoms. The number of hydrogen-bond acceptors (Lipinski definition) is 4. The highest BCUT2D eigenvalue weighted by atomic mass is 15.3. The van der Waals surface area contributed by atoms with E-state index in [2.05, 4.69) is 27.1 Å². The van der Waals surface area contributed by atoms with Crippen LogP contribution in [0.15, 0.2) is 18.5 Å². The fourth-order valence-electron chi connectivity index (χ4n) is 3.77. The van der Waals surface area contributed by atoms with E-state index in [1.165, 1.54) is 25.7 Å². The Morgan fingerprint density at radius 2 is 2.00 bits per heavy atom. The van der Waals surface area contributed by atoms with Gasteiger partial charge in [-0.15, -0.1) is 0 Å². The Kier molecular flexibility index (Phi) is 3.04. The van der Waals surface area contributed by atoms with E-state index in [1.807, 2.05) is 18.5 Å². The lowest BCUT2D eigenvalue weighted by atomic mass is 9.90. The molecular weight excluding hydrogens is 248 g/mol. The predicted molar refractivity (Wildman–Crippen MR) is 78.1 cm³/mol. The van der Waals surface area contributed by atoms with E-state index in [-0.39, 0.29) is 0 Å². The molecule has 2 unspecified atom stereocenters. The van der Waals surface area contributed by atoms with Crippen molar-refractivity contribution in [1.29, 1.82) is 0 Å². The molecule has 3 aliphatic rings. The molecule has 4 nitrogen and oxygen atoms in total. The molecule has 3 fully saturated rings. The van der Waals surface area contributed by atoms with E-state index in [1.54, 1.807) is 0 Å². The molecule has 1 aliphatic heterocycles. The fourth-order valence-corrected chi connectivity index (χ4v) is 3.77.